The fourth-order valence-electron chi connectivity index (χ4n) is 4.09. The number of ether oxygens (including phenoxy) is 3. The van der Waals surface area contributed by atoms with Crippen molar-refractivity contribution in [3.05, 3.63) is 112 Å². The van der Waals surface area contributed by atoms with Crippen molar-refractivity contribution in [2.75, 3.05) is 13.2 Å². The number of hydrogen-bond acceptors (Lipinski definition) is 6. The minimum absolute atomic E-state index is 0.0161. The van der Waals surface area contributed by atoms with Crippen LogP contribution >= 0.6 is 11.8 Å². The number of aliphatic hydroxyl groups excluding tert-OH is 1. The van der Waals surface area contributed by atoms with Gasteiger partial charge in [-0.2, -0.15) is 0 Å². The van der Waals surface area contributed by atoms with Crippen LogP contribution < -0.4 is 15.0 Å². The molecular weight excluding hydrogens is 481 g/mol. The van der Waals surface area contributed by atoms with E-state index in [1.54, 1.807) is 48.5 Å². The van der Waals surface area contributed by atoms with Crippen molar-refractivity contribution in [1.82, 2.24) is 4.57 Å². The number of pyridine rings is 1. The number of nitrogens with zero attached hydrogens (tertiary/aromatic N) is 1. The van der Waals surface area contributed by atoms with Crippen molar-refractivity contribution in [2.45, 2.75) is 11.0 Å². The number of fused-ring (bicyclic) bond motifs is 3. The first-order valence-corrected chi connectivity index (χ1v) is 12.1. The molecule has 3 aromatic carbocycles. The van der Waals surface area contributed by atoms with E-state index in [1.807, 2.05) is 18.2 Å². The lowest BCUT2D eigenvalue weighted by Gasteiger charge is -2.25. The average molecular weight is 502 g/mol. The van der Waals surface area contributed by atoms with Gasteiger partial charge in [0.05, 0.1) is 17.0 Å². The van der Waals surface area contributed by atoms with Crippen LogP contribution in [0.4, 0.5) is 4.39 Å². The van der Waals surface area contributed by atoms with Crippen molar-refractivity contribution < 1.29 is 23.7 Å². The molecule has 2 aliphatic rings. The highest BCUT2D eigenvalue weighted by Crippen LogP contribution is 2.45. The van der Waals surface area contributed by atoms with Gasteiger partial charge < -0.3 is 19.3 Å². The number of aliphatic hydroxyl groups is 1. The lowest BCUT2D eigenvalue weighted by atomic mass is 10.0. The Kier molecular flexibility index (Phi) is 5.55. The van der Waals surface area contributed by atoms with E-state index in [9.17, 15) is 14.3 Å². The predicted molar refractivity (Wildman–Crippen MR) is 136 cm³/mol. The van der Waals surface area contributed by atoms with E-state index in [-0.39, 0.29) is 38.7 Å². The van der Waals surface area contributed by atoms with Gasteiger partial charge in [0.15, 0.2) is 5.75 Å². The molecule has 1 aromatic heterocycles. The minimum Gasteiger partial charge on any atom is -0.506 e. The van der Waals surface area contributed by atoms with Crippen LogP contribution in [0.3, 0.4) is 0 Å². The number of halogens is 1. The Hall–Kier alpha value is -4.01. The highest BCUT2D eigenvalue weighted by molar-refractivity contribution is 8.03. The summed E-state index contributed by atoms with van der Waals surface area (Å²) in [6, 6.07) is 20.6. The number of para-hydroxylation sites is 1. The molecule has 3 heterocycles. The van der Waals surface area contributed by atoms with Crippen LogP contribution in [0, 0.1) is 5.82 Å². The van der Waals surface area contributed by atoms with Crippen LogP contribution in [0.25, 0.3) is 22.3 Å². The van der Waals surface area contributed by atoms with Gasteiger partial charge in [-0.3, -0.25) is 9.36 Å². The van der Waals surface area contributed by atoms with Gasteiger partial charge in [0, 0.05) is 22.0 Å². The maximum Gasteiger partial charge on any atom is 0.270 e. The summed E-state index contributed by atoms with van der Waals surface area (Å²) < 4.78 is 33.0. The Balaban J connectivity index is 1.57. The third-order valence-corrected chi connectivity index (χ3v) is 7.11. The third-order valence-electron chi connectivity index (χ3n) is 5.93. The standard InChI is InChI=1S/C28H20FNO5S/c1-16-27(36-23-10-6-5-9-21(23)29)25(31)24-26(35-16)20-12-11-18(33-14-19-15-34-19)13-22(20)30(28(24)32)17-7-3-2-4-8-17/h2-13,19,31H,1,14-15H2/t19-/m1/s1. The highest BCUT2D eigenvalue weighted by Gasteiger charge is 2.31. The molecule has 0 spiro atoms. The smallest absolute Gasteiger partial charge is 0.270 e. The van der Waals surface area contributed by atoms with Crippen molar-refractivity contribution in [3.8, 4) is 17.2 Å². The first-order valence-electron chi connectivity index (χ1n) is 11.3. The second kappa shape index (κ2) is 8.89. The number of aromatic nitrogens is 1. The fourth-order valence-corrected chi connectivity index (χ4v) is 4.98. The van der Waals surface area contributed by atoms with Crippen molar-refractivity contribution in [3.63, 3.8) is 0 Å². The summed E-state index contributed by atoms with van der Waals surface area (Å²) in [7, 11) is 0. The van der Waals surface area contributed by atoms with Crippen LogP contribution in [0.15, 0.2) is 99.7 Å². The highest BCUT2D eigenvalue weighted by atomic mass is 32.2. The zero-order valence-electron chi connectivity index (χ0n) is 18.9. The molecule has 6 nitrogen and oxygen atoms in total. The monoisotopic (exact) mass is 501 g/mol. The summed E-state index contributed by atoms with van der Waals surface area (Å²) in [4.78, 5) is 14.4. The van der Waals surface area contributed by atoms with Crippen molar-refractivity contribution >= 4 is 28.4 Å². The van der Waals surface area contributed by atoms with Crippen LogP contribution in [-0.4, -0.2) is 29.0 Å². The van der Waals surface area contributed by atoms with Gasteiger partial charge in [-0.25, -0.2) is 4.39 Å². The molecule has 180 valence electrons. The molecule has 1 N–H and O–H groups in total. The molecule has 2 aliphatic heterocycles. The number of epoxide rings is 1. The van der Waals surface area contributed by atoms with Gasteiger partial charge in [-0.15, -0.1) is 0 Å². The quantitative estimate of drug-likeness (QED) is 0.335. The molecular formula is C28H20FNO5S. The summed E-state index contributed by atoms with van der Waals surface area (Å²) in [6.45, 7) is 5.02. The lowest BCUT2D eigenvalue weighted by Crippen LogP contribution is -2.26. The topological polar surface area (TPSA) is 73.2 Å². The van der Waals surface area contributed by atoms with Crippen LogP contribution in [-0.2, 0) is 4.74 Å². The van der Waals surface area contributed by atoms with E-state index in [1.165, 1.54) is 10.6 Å². The average Bonchev–Trinajstić information content (AvgIpc) is 3.71. The van der Waals surface area contributed by atoms with E-state index in [4.69, 9.17) is 14.2 Å². The Morgan fingerprint density at radius 1 is 1.11 bits per heavy atom. The normalized spacial score (nSPS) is 16.6. The predicted octanol–water partition coefficient (Wildman–Crippen LogP) is 5.83. The molecule has 0 aliphatic carbocycles. The summed E-state index contributed by atoms with van der Waals surface area (Å²) in [5.74, 6) is 0.132. The summed E-state index contributed by atoms with van der Waals surface area (Å²) >= 11 is 0.954. The van der Waals surface area contributed by atoms with Gasteiger partial charge in [0.2, 0.25) is 0 Å². The number of benzene rings is 3. The molecule has 6 rings (SSSR count). The van der Waals surface area contributed by atoms with Gasteiger partial charge in [0.25, 0.3) is 5.56 Å². The fraction of sp³-hybridized carbons (Fsp3) is 0.107. The van der Waals surface area contributed by atoms with Crippen molar-refractivity contribution in [2.24, 2.45) is 0 Å². The third kappa shape index (κ3) is 3.94. The molecule has 0 saturated carbocycles. The van der Waals surface area contributed by atoms with E-state index in [0.717, 1.165) is 11.8 Å². The molecule has 0 unspecified atom stereocenters. The molecule has 4 aromatic rings. The zero-order valence-corrected chi connectivity index (χ0v) is 19.8. The zero-order chi connectivity index (χ0) is 24.8. The second-order valence-electron chi connectivity index (χ2n) is 8.36. The maximum atomic E-state index is 14.3. The summed E-state index contributed by atoms with van der Waals surface area (Å²) in [5, 5.41) is 11.9. The molecule has 0 bridgehead atoms. The Morgan fingerprint density at radius 2 is 1.86 bits per heavy atom. The molecule has 8 heteroatoms. The first kappa shape index (κ1) is 22.5. The van der Waals surface area contributed by atoms with Gasteiger partial charge >= 0.3 is 0 Å². The molecule has 1 fully saturated rings. The Labute approximate surface area is 209 Å². The first-order chi connectivity index (χ1) is 17.5. The molecule has 0 amide bonds. The SMILES string of the molecule is C=C1Oc2c(c(=O)n(-c3ccccc3)c3cc(OC[C@@H]4CO4)ccc23)C(O)=C1Sc1ccccc1F. The van der Waals surface area contributed by atoms with E-state index < -0.39 is 11.4 Å². The molecule has 36 heavy (non-hydrogen) atoms. The van der Waals surface area contributed by atoms with Gasteiger partial charge in [0.1, 0.15) is 41.4 Å². The van der Waals surface area contributed by atoms with Crippen molar-refractivity contribution in [1.29, 1.82) is 0 Å². The van der Waals surface area contributed by atoms with E-state index in [0.29, 0.717) is 35.6 Å². The molecule has 1 atom stereocenters. The Bertz CT molecular complexity index is 1610. The van der Waals surface area contributed by atoms with Crippen LogP contribution in [0.2, 0.25) is 0 Å². The number of rotatable bonds is 6. The number of hydrogen-bond donors (Lipinski definition) is 1. The lowest BCUT2D eigenvalue weighted by molar-refractivity contribution is 0.263. The van der Waals surface area contributed by atoms with E-state index in [2.05, 4.69) is 6.58 Å². The van der Waals surface area contributed by atoms with Crippen LogP contribution in [0.1, 0.15) is 5.56 Å². The van der Waals surface area contributed by atoms with Gasteiger partial charge in [-0.05, 0) is 36.4 Å². The van der Waals surface area contributed by atoms with Gasteiger partial charge in [-0.1, -0.05) is 48.7 Å². The minimum atomic E-state index is -0.483. The molecule has 1 saturated heterocycles. The molecule has 0 radical (unpaired) electrons. The summed E-state index contributed by atoms with van der Waals surface area (Å²) in [6.07, 6.45) is 0.0830. The Morgan fingerprint density at radius 3 is 2.61 bits per heavy atom. The largest absolute Gasteiger partial charge is 0.506 e. The summed E-state index contributed by atoms with van der Waals surface area (Å²) in [5.41, 5.74) is 0.657. The number of thioether (sulfide) groups is 1. The van der Waals surface area contributed by atoms with E-state index >= 15 is 0 Å². The second-order valence-corrected chi connectivity index (χ2v) is 9.41. The maximum absolute atomic E-state index is 14.3. The van der Waals surface area contributed by atoms with Crippen LogP contribution in [0.5, 0.6) is 11.5 Å².